The van der Waals surface area contributed by atoms with Crippen LogP contribution < -0.4 is 5.73 Å². The van der Waals surface area contributed by atoms with Crippen molar-refractivity contribution in [1.82, 2.24) is 9.80 Å². The zero-order chi connectivity index (χ0) is 14.5. The van der Waals surface area contributed by atoms with Crippen LogP contribution in [0.15, 0.2) is 0 Å². The molecule has 4 nitrogen and oxygen atoms in total. The van der Waals surface area contributed by atoms with Gasteiger partial charge < -0.3 is 10.6 Å². The molecule has 0 aromatic rings. The molecule has 2 rings (SSSR count). The van der Waals surface area contributed by atoms with E-state index in [2.05, 4.69) is 23.6 Å². The third kappa shape index (κ3) is 5.42. The highest BCUT2D eigenvalue weighted by molar-refractivity contribution is 5.85. The lowest BCUT2D eigenvalue weighted by atomic mass is 9.92. The van der Waals surface area contributed by atoms with Crippen LogP contribution in [0.2, 0.25) is 0 Å². The second-order valence-electron chi connectivity index (χ2n) is 6.94. The summed E-state index contributed by atoms with van der Waals surface area (Å²) in [5, 5.41) is 0. The number of piperidine rings is 2. The molecule has 3 unspecified atom stereocenters. The third-order valence-corrected chi connectivity index (χ3v) is 4.81. The first kappa shape index (κ1) is 18.7. The van der Waals surface area contributed by atoms with Gasteiger partial charge in [-0.05, 0) is 50.6 Å². The topological polar surface area (TPSA) is 49.6 Å². The maximum Gasteiger partial charge on any atom is 0.236 e. The molecule has 3 atom stereocenters. The summed E-state index contributed by atoms with van der Waals surface area (Å²) in [7, 11) is 0. The van der Waals surface area contributed by atoms with Gasteiger partial charge >= 0.3 is 0 Å². The van der Waals surface area contributed by atoms with Gasteiger partial charge in [-0.3, -0.25) is 9.69 Å². The van der Waals surface area contributed by atoms with E-state index in [1.807, 2.05) is 0 Å². The van der Waals surface area contributed by atoms with Crippen molar-refractivity contribution >= 4 is 18.3 Å². The fourth-order valence-corrected chi connectivity index (χ4v) is 3.93. The minimum Gasteiger partial charge on any atom is -0.341 e. The molecule has 0 radical (unpaired) electrons. The highest BCUT2D eigenvalue weighted by Gasteiger charge is 2.29. The summed E-state index contributed by atoms with van der Waals surface area (Å²) in [5.41, 5.74) is 5.71. The molecule has 0 bridgehead atoms. The first-order chi connectivity index (χ1) is 9.60. The quantitative estimate of drug-likeness (QED) is 0.864. The number of hydrogen-bond acceptors (Lipinski definition) is 3. The molecule has 2 heterocycles. The third-order valence-electron chi connectivity index (χ3n) is 4.81. The molecule has 2 N–H and O–H groups in total. The van der Waals surface area contributed by atoms with Crippen molar-refractivity contribution in [2.24, 2.45) is 17.6 Å². The van der Waals surface area contributed by atoms with Crippen LogP contribution in [0.5, 0.6) is 0 Å². The Morgan fingerprint density at radius 1 is 1.19 bits per heavy atom. The number of halogens is 1. The number of amides is 1. The SMILES string of the molecule is CC1CC(C)CN(C(=O)CN2CCCCC2CCN)C1.Cl. The predicted octanol–water partition coefficient (Wildman–Crippen LogP) is 2.12. The van der Waals surface area contributed by atoms with Crippen molar-refractivity contribution in [2.75, 3.05) is 32.7 Å². The molecule has 1 amide bonds. The molecule has 0 spiro atoms. The molecule has 2 fully saturated rings. The average molecular weight is 318 g/mol. The number of carbonyl (C=O) groups is 1. The van der Waals surface area contributed by atoms with E-state index in [-0.39, 0.29) is 12.4 Å². The van der Waals surface area contributed by atoms with Crippen LogP contribution in [-0.2, 0) is 4.79 Å². The number of likely N-dealkylation sites (tertiary alicyclic amines) is 2. The molecule has 0 aromatic heterocycles. The standard InChI is InChI=1S/C16H31N3O.ClH/c1-13-9-14(2)11-19(10-13)16(20)12-18-8-4-3-5-15(18)6-7-17;/h13-15H,3-12,17H2,1-2H3;1H. The lowest BCUT2D eigenvalue weighted by Gasteiger charge is -2.39. The summed E-state index contributed by atoms with van der Waals surface area (Å²) in [4.78, 5) is 17.0. The minimum atomic E-state index is 0. The van der Waals surface area contributed by atoms with Crippen LogP contribution in [0.1, 0.15) is 46.0 Å². The Balaban J connectivity index is 0.00000220. The van der Waals surface area contributed by atoms with Gasteiger partial charge in [0.05, 0.1) is 6.54 Å². The number of hydrogen-bond donors (Lipinski definition) is 1. The number of nitrogens with zero attached hydrogens (tertiary/aromatic N) is 2. The van der Waals surface area contributed by atoms with Crippen LogP contribution in [0.4, 0.5) is 0 Å². The number of carbonyl (C=O) groups excluding carboxylic acids is 1. The smallest absolute Gasteiger partial charge is 0.236 e. The normalized spacial score (nSPS) is 30.8. The van der Waals surface area contributed by atoms with E-state index in [1.54, 1.807) is 0 Å². The first-order valence-electron chi connectivity index (χ1n) is 8.32. The Kier molecular flexibility index (Phi) is 7.99. The predicted molar refractivity (Wildman–Crippen MR) is 89.7 cm³/mol. The lowest BCUT2D eigenvalue weighted by molar-refractivity contribution is -0.136. The Labute approximate surface area is 135 Å². The Bertz CT molecular complexity index is 315. The summed E-state index contributed by atoms with van der Waals surface area (Å²) in [6.45, 7) is 8.80. The van der Waals surface area contributed by atoms with Crippen LogP contribution >= 0.6 is 12.4 Å². The molecule has 124 valence electrons. The monoisotopic (exact) mass is 317 g/mol. The summed E-state index contributed by atoms with van der Waals surface area (Å²) in [6, 6.07) is 0.525. The van der Waals surface area contributed by atoms with Gasteiger partial charge in [0.1, 0.15) is 0 Å². The van der Waals surface area contributed by atoms with Crippen molar-refractivity contribution in [3.05, 3.63) is 0 Å². The summed E-state index contributed by atoms with van der Waals surface area (Å²) in [6.07, 6.45) is 6.00. The van der Waals surface area contributed by atoms with Crippen LogP contribution in [-0.4, -0.2) is 54.5 Å². The van der Waals surface area contributed by atoms with Crippen LogP contribution in [0.25, 0.3) is 0 Å². The summed E-state index contributed by atoms with van der Waals surface area (Å²) >= 11 is 0. The molecule has 2 saturated heterocycles. The molecule has 0 aromatic carbocycles. The average Bonchev–Trinajstić information content (AvgIpc) is 2.40. The molecule has 0 saturated carbocycles. The van der Waals surface area contributed by atoms with Crippen molar-refractivity contribution in [3.63, 3.8) is 0 Å². The lowest BCUT2D eigenvalue weighted by Crippen LogP contribution is -2.50. The molecular formula is C16H32ClN3O. The zero-order valence-electron chi connectivity index (χ0n) is 13.6. The molecular weight excluding hydrogens is 286 g/mol. The Morgan fingerprint density at radius 3 is 2.48 bits per heavy atom. The van der Waals surface area contributed by atoms with E-state index >= 15 is 0 Å². The fourth-order valence-electron chi connectivity index (χ4n) is 3.93. The van der Waals surface area contributed by atoms with Crippen LogP contribution in [0.3, 0.4) is 0 Å². The van der Waals surface area contributed by atoms with E-state index in [0.717, 1.165) is 32.6 Å². The van der Waals surface area contributed by atoms with Crippen LogP contribution in [0, 0.1) is 11.8 Å². The molecule has 2 aliphatic rings. The highest BCUT2D eigenvalue weighted by atomic mass is 35.5. The van der Waals surface area contributed by atoms with Crippen molar-refractivity contribution < 1.29 is 4.79 Å². The maximum atomic E-state index is 12.6. The second-order valence-corrected chi connectivity index (χ2v) is 6.94. The highest BCUT2D eigenvalue weighted by Crippen LogP contribution is 2.23. The fraction of sp³-hybridized carbons (Fsp3) is 0.938. The van der Waals surface area contributed by atoms with Gasteiger partial charge in [-0.15, -0.1) is 12.4 Å². The van der Waals surface area contributed by atoms with Crippen molar-refractivity contribution in [1.29, 1.82) is 0 Å². The maximum absolute atomic E-state index is 12.6. The molecule has 5 heteroatoms. The first-order valence-corrected chi connectivity index (χ1v) is 8.32. The summed E-state index contributed by atoms with van der Waals surface area (Å²) in [5.74, 6) is 1.61. The van der Waals surface area contributed by atoms with Gasteiger partial charge in [0.25, 0.3) is 0 Å². The number of nitrogens with two attached hydrogens (primary N) is 1. The van der Waals surface area contributed by atoms with E-state index in [4.69, 9.17) is 5.73 Å². The van der Waals surface area contributed by atoms with E-state index in [0.29, 0.717) is 30.3 Å². The minimum absolute atomic E-state index is 0. The Hall–Kier alpha value is -0.320. The zero-order valence-corrected chi connectivity index (χ0v) is 14.4. The summed E-state index contributed by atoms with van der Waals surface area (Å²) < 4.78 is 0. The molecule has 2 aliphatic heterocycles. The van der Waals surface area contributed by atoms with Gasteiger partial charge in [0, 0.05) is 19.1 Å². The van der Waals surface area contributed by atoms with Gasteiger partial charge in [-0.2, -0.15) is 0 Å². The number of rotatable bonds is 4. The van der Waals surface area contributed by atoms with Gasteiger partial charge in [-0.1, -0.05) is 20.3 Å². The molecule has 21 heavy (non-hydrogen) atoms. The van der Waals surface area contributed by atoms with E-state index in [9.17, 15) is 4.79 Å². The Morgan fingerprint density at radius 2 is 1.86 bits per heavy atom. The van der Waals surface area contributed by atoms with Gasteiger partial charge in [0.2, 0.25) is 5.91 Å². The van der Waals surface area contributed by atoms with Gasteiger partial charge in [0.15, 0.2) is 0 Å². The van der Waals surface area contributed by atoms with Crippen molar-refractivity contribution in [2.45, 2.75) is 52.0 Å². The van der Waals surface area contributed by atoms with Gasteiger partial charge in [-0.25, -0.2) is 0 Å². The second kappa shape index (κ2) is 8.96. The van der Waals surface area contributed by atoms with E-state index < -0.39 is 0 Å². The molecule has 0 aliphatic carbocycles. The van der Waals surface area contributed by atoms with Crippen molar-refractivity contribution in [3.8, 4) is 0 Å². The largest absolute Gasteiger partial charge is 0.341 e. The van der Waals surface area contributed by atoms with E-state index in [1.165, 1.54) is 25.7 Å².